The van der Waals surface area contributed by atoms with Gasteiger partial charge in [0.2, 0.25) is 0 Å². The van der Waals surface area contributed by atoms with Crippen LogP contribution in [0.5, 0.6) is 0 Å². The first kappa shape index (κ1) is 12.8. The smallest absolute Gasteiger partial charge is 0.303 e. The van der Waals surface area contributed by atoms with Gasteiger partial charge in [-0.05, 0) is 32.1 Å². The Morgan fingerprint density at radius 1 is 1.53 bits per heavy atom. The third kappa shape index (κ3) is 4.89. The lowest BCUT2D eigenvalue weighted by Gasteiger charge is -2.35. The average Bonchev–Trinajstić information content (AvgIpc) is 2.24. The highest BCUT2D eigenvalue weighted by Gasteiger charge is 2.22. The molecular weight excluding hydrogens is 210 g/mol. The molecule has 1 fully saturated rings. The van der Waals surface area contributed by atoms with E-state index in [4.69, 9.17) is 5.11 Å². The molecule has 1 aliphatic rings. The first-order valence-corrected chi connectivity index (χ1v) is 7.08. The predicted molar refractivity (Wildman–Crippen MR) is 64.5 cm³/mol. The summed E-state index contributed by atoms with van der Waals surface area (Å²) in [6.45, 7) is 2.27. The summed E-state index contributed by atoms with van der Waals surface area (Å²) >= 11 is 1.86. The standard InChI is InChI=1S/C11H21NO2S/c1-15-9-8-12-7-3-2-4-10(12)5-6-11(13)14/h10H,2-9H2,1H3,(H,13,14). The Labute approximate surface area is 96.2 Å². The van der Waals surface area contributed by atoms with Gasteiger partial charge < -0.3 is 5.11 Å². The van der Waals surface area contributed by atoms with Gasteiger partial charge in [0.1, 0.15) is 0 Å². The van der Waals surface area contributed by atoms with Crippen LogP contribution in [0.15, 0.2) is 0 Å². The van der Waals surface area contributed by atoms with Gasteiger partial charge in [0.15, 0.2) is 0 Å². The summed E-state index contributed by atoms with van der Waals surface area (Å²) in [5, 5.41) is 8.68. The van der Waals surface area contributed by atoms with Crippen LogP contribution in [0, 0.1) is 0 Å². The average molecular weight is 231 g/mol. The Hall–Kier alpha value is -0.220. The highest BCUT2D eigenvalue weighted by molar-refractivity contribution is 7.98. The van der Waals surface area contributed by atoms with Crippen molar-refractivity contribution < 1.29 is 9.90 Å². The molecule has 0 radical (unpaired) electrons. The van der Waals surface area contributed by atoms with E-state index in [-0.39, 0.29) is 0 Å². The summed E-state index contributed by atoms with van der Waals surface area (Å²) < 4.78 is 0. The van der Waals surface area contributed by atoms with Gasteiger partial charge in [-0.15, -0.1) is 0 Å². The van der Waals surface area contributed by atoms with Crippen LogP contribution in [-0.2, 0) is 4.79 Å². The Balaban J connectivity index is 2.32. The number of piperidine rings is 1. The highest BCUT2D eigenvalue weighted by Crippen LogP contribution is 2.20. The molecule has 0 aliphatic carbocycles. The molecule has 0 saturated carbocycles. The molecule has 0 aromatic heterocycles. The monoisotopic (exact) mass is 231 g/mol. The van der Waals surface area contributed by atoms with Gasteiger partial charge in [0.05, 0.1) is 0 Å². The predicted octanol–water partition coefficient (Wildman–Crippen LogP) is 2.07. The van der Waals surface area contributed by atoms with Gasteiger partial charge in [-0.3, -0.25) is 9.69 Å². The van der Waals surface area contributed by atoms with Crippen molar-refractivity contribution in [3.63, 3.8) is 0 Å². The number of nitrogens with zero attached hydrogens (tertiary/aromatic N) is 1. The van der Waals surface area contributed by atoms with Crippen molar-refractivity contribution in [2.45, 2.75) is 38.1 Å². The van der Waals surface area contributed by atoms with E-state index in [1.54, 1.807) is 0 Å². The number of carboxylic acids is 1. The molecule has 3 nitrogen and oxygen atoms in total. The van der Waals surface area contributed by atoms with Crippen molar-refractivity contribution in [1.82, 2.24) is 4.90 Å². The molecule has 1 aliphatic heterocycles. The van der Waals surface area contributed by atoms with Crippen molar-refractivity contribution in [3.05, 3.63) is 0 Å². The number of hydrogen-bond acceptors (Lipinski definition) is 3. The van der Waals surface area contributed by atoms with E-state index in [9.17, 15) is 4.79 Å². The number of likely N-dealkylation sites (tertiary alicyclic amines) is 1. The fraction of sp³-hybridized carbons (Fsp3) is 0.909. The Bertz CT molecular complexity index is 199. The Morgan fingerprint density at radius 3 is 3.00 bits per heavy atom. The minimum absolute atomic E-state index is 0.320. The molecule has 1 rings (SSSR count). The fourth-order valence-electron chi connectivity index (χ4n) is 2.18. The van der Waals surface area contributed by atoms with Gasteiger partial charge in [0, 0.05) is 24.8 Å². The maximum Gasteiger partial charge on any atom is 0.303 e. The molecule has 1 saturated heterocycles. The molecular formula is C11H21NO2S. The second-order valence-electron chi connectivity index (χ2n) is 4.11. The maximum absolute atomic E-state index is 10.5. The van der Waals surface area contributed by atoms with E-state index in [1.807, 2.05) is 11.8 Å². The van der Waals surface area contributed by atoms with Gasteiger partial charge in [-0.25, -0.2) is 0 Å². The van der Waals surface area contributed by atoms with Crippen molar-refractivity contribution >= 4 is 17.7 Å². The summed E-state index contributed by atoms with van der Waals surface area (Å²) in [5.74, 6) is 0.495. The summed E-state index contributed by atoms with van der Waals surface area (Å²) in [4.78, 5) is 13.0. The fourth-order valence-corrected chi connectivity index (χ4v) is 2.60. The van der Waals surface area contributed by atoms with Gasteiger partial charge in [0.25, 0.3) is 0 Å². The number of hydrogen-bond donors (Lipinski definition) is 1. The largest absolute Gasteiger partial charge is 0.481 e. The van der Waals surface area contributed by atoms with Crippen LogP contribution in [0.2, 0.25) is 0 Å². The summed E-state index contributed by atoms with van der Waals surface area (Å²) in [5.41, 5.74) is 0. The summed E-state index contributed by atoms with van der Waals surface area (Å²) in [6, 6.07) is 0.516. The molecule has 0 amide bonds. The Morgan fingerprint density at radius 2 is 2.33 bits per heavy atom. The third-order valence-electron chi connectivity index (χ3n) is 3.02. The zero-order chi connectivity index (χ0) is 11.1. The molecule has 1 atom stereocenters. The lowest BCUT2D eigenvalue weighted by molar-refractivity contribution is -0.137. The molecule has 88 valence electrons. The third-order valence-corrected chi connectivity index (χ3v) is 3.61. The van der Waals surface area contributed by atoms with Gasteiger partial charge in [-0.1, -0.05) is 6.42 Å². The molecule has 15 heavy (non-hydrogen) atoms. The molecule has 0 bridgehead atoms. The van der Waals surface area contributed by atoms with Crippen molar-refractivity contribution in [2.75, 3.05) is 25.1 Å². The van der Waals surface area contributed by atoms with E-state index < -0.39 is 5.97 Å². The van der Waals surface area contributed by atoms with Crippen LogP contribution in [0.3, 0.4) is 0 Å². The van der Waals surface area contributed by atoms with Crippen molar-refractivity contribution in [1.29, 1.82) is 0 Å². The Kier molecular flexibility index (Phi) is 6.10. The maximum atomic E-state index is 10.5. The minimum atomic E-state index is -0.662. The number of thioether (sulfide) groups is 1. The summed E-state index contributed by atoms with van der Waals surface area (Å²) in [6.07, 6.45) is 6.99. The number of carboxylic acid groups (broad SMARTS) is 1. The van der Waals surface area contributed by atoms with E-state index in [1.165, 1.54) is 19.3 Å². The first-order valence-electron chi connectivity index (χ1n) is 5.69. The lowest BCUT2D eigenvalue weighted by atomic mass is 9.98. The highest BCUT2D eigenvalue weighted by atomic mass is 32.2. The van der Waals surface area contributed by atoms with Crippen LogP contribution >= 0.6 is 11.8 Å². The number of rotatable bonds is 6. The van der Waals surface area contributed by atoms with Crippen LogP contribution < -0.4 is 0 Å². The van der Waals surface area contributed by atoms with Crippen LogP contribution in [0.4, 0.5) is 0 Å². The van der Waals surface area contributed by atoms with E-state index in [0.717, 1.165) is 25.3 Å². The number of aliphatic carboxylic acids is 1. The quantitative estimate of drug-likeness (QED) is 0.759. The topological polar surface area (TPSA) is 40.5 Å². The normalized spacial score (nSPS) is 22.9. The summed E-state index contributed by atoms with van der Waals surface area (Å²) in [7, 11) is 0. The molecule has 1 N–H and O–H groups in total. The second kappa shape index (κ2) is 7.12. The van der Waals surface area contributed by atoms with Crippen LogP contribution in [0.25, 0.3) is 0 Å². The molecule has 1 heterocycles. The van der Waals surface area contributed by atoms with Crippen LogP contribution in [0.1, 0.15) is 32.1 Å². The minimum Gasteiger partial charge on any atom is -0.481 e. The molecule has 0 aromatic carbocycles. The zero-order valence-corrected chi connectivity index (χ0v) is 10.3. The van der Waals surface area contributed by atoms with E-state index in [2.05, 4.69) is 11.2 Å². The molecule has 4 heteroatoms. The van der Waals surface area contributed by atoms with E-state index >= 15 is 0 Å². The van der Waals surface area contributed by atoms with Crippen molar-refractivity contribution in [3.8, 4) is 0 Å². The molecule has 0 aromatic rings. The van der Waals surface area contributed by atoms with Gasteiger partial charge >= 0.3 is 5.97 Å². The van der Waals surface area contributed by atoms with Crippen LogP contribution in [-0.4, -0.2) is 47.1 Å². The number of carbonyl (C=O) groups is 1. The second-order valence-corrected chi connectivity index (χ2v) is 5.10. The molecule has 1 unspecified atom stereocenters. The van der Waals surface area contributed by atoms with E-state index in [0.29, 0.717) is 12.5 Å². The molecule has 0 spiro atoms. The first-order chi connectivity index (χ1) is 7.24. The van der Waals surface area contributed by atoms with Gasteiger partial charge in [-0.2, -0.15) is 11.8 Å². The lowest BCUT2D eigenvalue weighted by Crippen LogP contribution is -2.41. The SMILES string of the molecule is CSCCN1CCCCC1CCC(=O)O. The van der Waals surface area contributed by atoms with Crippen molar-refractivity contribution in [2.24, 2.45) is 0 Å². The zero-order valence-electron chi connectivity index (χ0n) is 9.45.